The molecule has 1 aliphatic heterocycles. The van der Waals surface area contributed by atoms with E-state index in [2.05, 4.69) is 5.32 Å². The van der Waals surface area contributed by atoms with Crippen LogP contribution in [0.25, 0.3) is 0 Å². The highest BCUT2D eigenvalue weighted by Crippen LogP contribution is 2.31. The Kier molecular flexibility index (Phi) is 4.53. The smallest absolute Gasteiger partial charge is 0.416 e. The second-order valence-electron chi connectivity index (χ2n) is 5.09. The van der Waals surface area contributed by atoms with Crippen molar-refractivity contribution in [3.05, 3.63) is 35.4 Å². The van der Waals surface area contributed by atoms with Gasteiger partial charge in [0.2, 0.25) is 0 Å². The van der Waals surface area contributed by atoms with E-state index in [0.29, 0.717) is 25.2 Å². The summed E-state index contributed by atoms with van der Waals surface area (Å²) in [7, 11) is 0. The molecule has 1 aliphatic rings. The van der Waals surface area contributed by atoms with E-state index in [1.165, 1.54) is 12.1 Å². The number of halogens is 3. The molecule has 2 N–H and O–H groups in total. The van der Waals surface area contributed by atoms with Crippen molar-refractivity contribution in [1.29, 1.82) is 0 Å². The average molecular weight is 302 g/mol. The van der Waals surface area contributed by atoms with Gasteiger partial charge in [0.1, 0.15) is 6.04 Å². The van der Waals surface area contributed by atoms with Gasteiger partial charge in [0, 0.05) is 25.7 Å². The Hall–Kier alpha value is -1.60. The molecule has 0 saturated carbocycles. The number of rotatable bonds is 3. The van der Waals surface area contributed by atoms with Crippen LogP contribution >= 0.6 is 0 Å². The van der Waals surface area contributed by atoms with Crippen LogP contribution < -0.4 is 5.32 Å². The predicted molar refractivity (Wildman–Crippen MR) is 70.9 cm³/mol. The Labute approximate surface area is 120 Å². The van der Waals surface area contributed by atoms with Crippen LogP contribution in [0.5, 0.6) is 0 Å². The molecule has 0 amide bonds. The topological polar surface area (TPSA) is 52.6 Å². The van der Waals surface area contributed by atoms with Gasteiger partial charge in [0.15, 0.2) is 0 Å². The first-order valence-corrected chi connectivity index (χ1v) is 6.67. The van der Waals surface area contributed by atoms with Crippen molar-refractivity contribution >= 4 is 5.97 Å². The second kappa shape index (κ2) is 6.03. The fourth-order valence-electron chi connectivity index (χ4n) is 2.55. The van der Waals surface area contributed by atoms with Gasteiger partial charge < -0.3 is 10.4 Å². The van der Waals surface area contributed by atoms with Crippen LogP contribution in [0.2, 0.25) is 0 Å². The lowest BCUT2D eigenvalue weighted by Crippen LogP contribution is -2.55. The van der Waals surface area contributed by atoms with E-state index in [9.17, 15) is 23.1 Å². The van der Waals surface area contributed by atoms with Gasteiger partial charge in [-0.1, -0.05) is 12.1 Å². The van der Waals surface area contributed by atoms with Crippen LogP contribution in [0, 0.1) is 0 Å². The molecule has 0 spiro atoms. The minimum absolute atomic E-state index is 0.254. The Balaban J connectivity index is 2.18. The number of carboxylic acids is 1. The van der Waals surface area contributed by atoms with Crippen molar-refractivity contribution in [2.24, 2.45) is 0 Å². The summed E-state index contributed by atoms with van der Waals surface area (Å²) in [5.41, 5.74) is -0.0234. The van der Waals surface area contributed by atoms with E-state index in [4.69, 9.17) is 0 Å². The summed E-state index contributed by atoms with van der Waals surface area (Å²) in [5.74, 6) is -0.930. The zero-order valence-corrected chi connectivity index (χ0v) is 11.5. The molecule has 0 bridgehead atoms. The van der Waals surface area contributed by atoms with Crippen molar-refractivity contribution < 1.29 is 23.1 Å². The molecule has 1 fully saturated rings. The normalized spacial score (nSPS) is 22.0. The third-order valence-electron chi connectivity index (χ3n) is 3.79. The molecular weight excluding hydrogens is 285 g/mol. The van der Waals surface area contributed by atoms with Gasteiger partial charge >= 0.3 is 12.1 Å². The molecule has 1 saturated heterocycles. The van der Waals surface area contributed by atoms with Crippen molar-refractivity contribution in [3.63, 3.8) is 0 Å². The van der Waals surface area contributed by atoms with Crippen molar-refractivity contribution in [1.82, 2.24) is 10.2 Å². The second-order valence-corrected chi connectivity index (χ2v) is 5.09. The molecule has 0 aliphatic carbocycles. The number of carbonyl (C=O) groups is 1. The summed E-state index contributed by atoms with van der Waals surface area (Å²) in [4.78, 5) is 13.0. The first-order valence-electron chi connectivity index (χ1n) is 6.67. The zero-order valence-electron chi connectivity index (χ0n) is 11.5. The monoisotopic (exact) mass is 302 g/mol. The van der Waals surface area contributed by atoms with E-state index in [1.807, 2.05) is 6.92 Å². The molecule has 2 rings (SSSR count). The first-order chi connectivity index (χ1) is 9.80. The maximum atomic E-state index is 12.5. The Morgan fingerprint density at radius 2 is 2.00 bits per heavy atom. The summed E-state index contributed by atoms with van der Waals surface area (Å²) in [6.45, 7) is 3.35. The van der Waals surface area contributed by atoms with Crippen LogP contribution in [0.15, 0.2) is 24.3 Å². The lowest BCUT2D eigenvalue weighted by atomic mass is 10.0. The number of nitrogens with zero attached hydrogens (tertiary/aromatic N) is 1. The molecular formula is C14H17F3N2O2. The number of piperazine rings is 1. The quantitative estimate of drug-likeness (QED) is 0.898. The highest BCUT2D eigenvalue weighted by molar-refractivity contribution is 5.74. The van der Waals surface area contributed by atoms with Gasteiger partial charge in [-0.2, -0.15) is 13.2 Å². The number of aliphatic carboxylic acids is 1. The van der Waals surface area contributed by atoms with Crippen LogP contribution in [0.3, 0.4) is 0 Å². The van der Waals surface area contributed by atoms with E-state index in [0.717, 1.165) is 12.1 Å². The third kappa shape index (κ3) is 3.54. The van der Waals surface area contributed by atoms with Gasteiger partial charge in [0.05, 0.1) is 5.56 Å². The SMILES string of the molecule is CC(c1ccc(C(F)(F)F)cc1)N1CCNCC1C(=O)O. The summed E-state index contributed by atoms with van der Waals surface area (Å²) in [6.07, 6.45) is -4.36. The minimum Gasteiger partial charge on any atom is -0.480 e. The van der Waals surface area contributed by atoms with E-state index >= 15 is 0 Å². The average Bonchev–Trinajstić information content (AvgIpc) is 2.45. The zero-order chi connectivity index (χ0) is 15.6. The molecule has 0 aromatic heterocycles. The van der Waals surface area contributed by atoms with Crippen molar-refractivity contribution in [2.75, 3.05) is 19.6 Å². The standard InChI is InChI=1S/C14H17F3N2O2/c1-9(19-7-6-18-8-12(19)13(20)21)10-2-4-11(5-3-10)14(15,16)17/h2-5,9,12,18H,6-8H2,1H3,(H,20,21). The fraction of sp³-hybridized carbons (Fsp3) is 0.500. The summed E-state index contributed by atoms with van der Waals surface area (Å²) in [5, 5.41) is 12.2. The summed E-state index contributed by atoms with van der Waals surface area (Å²) in [6, 6.07) is 3.96. The number of alkyl halides is 3. The van der Waals surface area contributed by atoms with E-state index in [1.54, 1.807) is 4.90 Å². The first kappa shape index (κ1) is 15.8. The van der Waals surface area contributed by atoms with Gasteiger partial charge in [-0.3, -0.25) is 9.69 Å². The van der Waals surface area contributed by atoms with Gasteiger partial charge in [-0.25, -0.2) is 0 Å². The Morgan fingerprint density at radius 3 is 2.52 bits per heavy atom. The summed E-state index contributed by atoms with van der Waals surface area (Å²) >= 11 is 0. The largest absolute Gasteiger partial charge is 0.480 e. The van der Waals surface area contributed by atoms with Gasteiger partial charge in [-0.15, -0.1) is 0 Å². The van der Waals surface area contributed by atoms with Crippen LogP contribution in [-0.2, 0) is 11.0 Å². The number of hydrogen-bond donors (Lipinski definition) is 2. The molecule has 2 unspecified atom stereocenters. The van der Waals surface area contributed by atoms with Crippen LogP contribution in [0.4, 0.5) is 13.2 Å². The lowest BCUT2D eigenvalue weighted by Gasteiger charge is -2.38. The molecule has 2 atom stereocenters. The third-order valence-corrected chi connectivity index (χ3v) is 3.79. The van der Waals surface area contributed by atoms with Gasteiger partial charge in [0.25, 0.3) is 0 Å². The number of nitrogens with one attached hydrogen (secondary N) is 1. The lowest BCUT2D eigenvalue weighted by molar-refractivity contribution is -0.145. The molecule has 21 heavy (non-hydrogen) atoms. The Bertz CT molecular complexity index is 502. The molecule has 4 nitrogen and oxygen atoms in total. The van der Waals surface area contributed by atoms with Crippen LogP contribution in [0.1, 0.15) is 24.1 Å². The van der Waals surface area contributed by atoms with Crippen molar-refractivity contribution in [3.8, 4) is 0 Å². The fourth-order valence-corrected chi connectivity index (χ4v) is 2.55. The molecule has 7 heteroatoms. The maximum absolute atomic E-state index is 12.5. The maximum Gasteiger partial charge on any atom is 0.416 e. The molecule has 1 aromatic carbocycles. The highest BCUT2D eigenvalue weighted by Gasteiger charge is 2.33. The number of benzene rings is 1. The van der Waals surface area contributed by atoms with E-state index in [-0.39, 0.29) is 6.04 Å². The molecule has 1 aromatic rings. The van der Waals surface area contributed by atoms with Crippen molar-refractivity contribution in [2.45, 2.75) is 25.2 Å². The number of carboxylic acid groups (broad SMARTS) is 1. The highest BCUT2D eigenvalue weighted by atomic mass is 19.4. The van der Waals surface area contributed by atoms with E-state index < -0.39 is 23.8 Å². The molecule has 116 valence electrons. The van der Waals surface area contributed by atoms with Crippen LogP contribution in [-0.4, -0.2) is 41.7 Å². The number of hydrogen-bond acceptors (Lipinski definition) is 3. The predicted octanol–water partition coefficient (Wildman–Crippen LogP) is 2.12. The minimum atomic E-state index is -4.36. The summed E-state index contributed by atoms with van der Waals surface area (Å²) < 4.78 is 37.6. The molecule has 0 radical (unpaired) electrons. The Morgan fingerprint density at radius 1 is 1.38 bits per heavy atom. The van der Waals surface area contributed by atoms with Gasteiger partial charge in [-0.05, 0) is 24.6 Å². The molecule has 1 heterocycles.